The number of carbonyl (C=O) groups is 2. The number of piperidine rings is 3. The normalized spacial score (nSPS) is 25.3. The first kappa shape index (κ1) is 23.4. The van der Waals surface area contributed by atoms with E-state index in [1.165, 1.54) is 0 Å². The lowest BCUT2D eigenvalue weighted by Gasteiger charge is -2.45. The number of rotatable bonds is 8. The van der Waals surface area contributed by atoms with Crippen LogP contribution in [0.2, 0.25) is 0 Å². The number of amides is 2. The van der Waals surface area contributed by atoms with Gasteiger partial charge in [0.15, 0.2) is 0 Å². The highest BCUT2D eigenvalue weighted by Gasteiger charge is 2.52. The smallest absolute Gasteiger partial charge is 0.243 e. The molecule has 4 aliphatic rings. The fourth-order valence-corrected chi connectivity index (χ4v) is 5.72. The summed E-state index contributed by atoms with van der Waals surface area (Å²) in [5.41, 5.74) is 1.44. The Balaban J connectivity index is 1.32. The summed E-state index contributed by atoms with van der Waals surface area (Å²) in [5.74, 6) is 1.15. The monoisotopic (exact) mass is 525 g/mol. The molecule has 2 N–H and O–H groups in total. The van der Waals surface area contributed by atoms with Gasteiger partial charge in [0.2, 0.25) is 11.8 Å². The number of methoxy groups -OCH3 is 1. The summed E-state index contributed by atoms with van der Waals surface area (Å²) in [5, 5.41) is 6.43. The van der Waals surface area contributed by atoms with E-state index in [1.807, 2.05) is 48.5 Å². The zero-order chi connectivity index (χ0) is 23.7. The van der Waals surface area contributed by atoms with Crippen LogP contribution in [0.1, 0.15) is 36.8 Å². The van der Waals surface area contributed by atoms with Gasteiger partial charge in [0.1, 0.15) is 11.8 Å². The summed E-state index contributed by atoms with van der Waals surface area (Å²) < 4.78 is 6.26. The van der Waals surface area contributed by atoms with Gasteiger partial charge in [0.05, 0.1) is 12.5 Å². The van der Waals surface area contributed by atoms with Gasteiger partial charge in [0, 0.05) is 23.5 Å². The highest BCUT2D eigenvalue weighted by Crippen LogP contribution is 2.48. The van der Waals surface area contributed by atoms with Crippen molar-refractivity contribution in [3.63, 3.8) is 0 Å². The summed E-state index contributed by atoms with van der Waals surface area (Å²) >= 11 is 3.47. The van der Waals surface area contributed by atoms with Crippen molar-refractivity contribution >= 4 is 27.7 Å². The average molecular weight is 526 g/mol. The third-order valence-electron chi connectivity index (χ3n) is 7.79. The first-order valence-electron chi connectivity index (χ1n) is 12.2. The van der Waals surface area contributed by atoms with Crippen LogP contribution >= 0.6 is 15.9 Å². The lowest BCUT2D eigenvalue weighted by atomic mass is 9.84. The molecule has 6 nitrogen and oxygen atoms in total. The van der Waals surface area contributed by atoms with Crippen LogP contribution in [0.3, 0.4) is 0 Å². The molecule has 4 fully saturated rings. The molecular formula is C27H32BrN3O3. The second-order valence-electron chi connectivity index (χ2n) is 9.92. The second-order valence-corrected chi connectivity index (χ2v) is 10.8. The summed E-state index contributed by atoms with van der Waals surface area (Å²) in [6.07, 6.45) is 4.31. The lowest BCUT2D eigenvalue weighted by molar-refractivity contribution is -0.131. The van der Waals surface area contributed by atoms with Crippen LogP contribution in [0.25, 0.3) is 0 Å². The predicted octanol–water partition coefficient (Wildman–Crippen LogP) is 3.43. The van der Waals surface area contributed by atoms with E-state index in [4.69, 9.17) is 4.74 Å². The molecule has 7 heteroatoms. The van der Waals surface area contributed by atoms with E-state index in [1.54, 1.807) is 7.11 Å². The topological polar surface area (TPSA) is 70.7 Å². The quantitative estimate of drug-likeness (QED) is 0.553. The van der Waals surface area contributed by atoms with Crippen molar-refractivity contribution in [1.82, 2.24) is 15.5 Å². The van der Waals surface area contributed by atoms with Crippen molar-refractivity contribution < 1.29 is 14.3 Å². The average Bonchev–Trinajstić information content (AvgIpc) is 3.68. The van der Waals surface area contributed by atoms with Gasteiger partial charge >= 0.3 is 0 Å². The van der Waals surface area contributed by atoms with Crippen molar-refractivity contribution in [3.8, 4) is 5.75 Å². The molecule has 34 heavy (non-hydrogen) atoms. The molecule has 2 atom stereocenters. The van der Waals surface area contributed by atoms with E-state index >= 15 is 0 Å². The van der Waals surface area contributed by atoms with Gasteiger partial charge in [-0.05, 0) is 80.1 Å². The minimum Gasteiger partial charge on any atom is -0.497 e. The predicted molar refractivity (Wildman–Crippen MR) is 135 cm³/mol. The molecule has 2 aromatic carbocycles. The second kappa shape index (κ2) is 9.70. The fraction of sp³-hybridized carbons (Fsp3) is 0.481. The zero-order valence-corrected chi connectivity index (χ0v) is 21.1. The van der Waals surface area contributed by atoms with Crippen LogP contribution < -0.4 is 15.4 Å². The molecule has 2 unspecified atom stereocenters. The molecule has 2 aromatic rings. The number of nitrogens with one attached hydrogen (secondary N) is 2. The van der Waals surface area contributed by atoms with Crippen molar-refractivity contribution in [2.75, 3.05) is 26.7 Å². The summed E-state index contributed by atoms with van der Waals surface area (Å²) in [7, 11) is 1.63. The number of hydrogen-bond acceptors (Lipinski definition) is 4. The van der Waals surface area contributed by atoms with Crippen LogP contribution in [0.15, 0.2) is 53.0 Å². The molecule has 3 heterocycles. The molecule has 1 saturated carbocycles. The van der Waals surface area contributed by atoms with Gasteiger partial charge in [-0.3, -0.25) is 9.59 Å². The van der Waals surface area contributed by atoms with Crippen LogP contribution in [-0.4, -0.2) is 55.5 Å². The number of carbonyl (C=O) groups excluding carboxylic acids is 2. The molecule has 1 aliphatic carbocycles. The summed E-state index contributed by atoms with van der Waals surface area (Å²) in [4.78, 5) is 29.4. The Morgan fingerprint density at radius 2 is 1.76 bits per heavy atom. The van der Waals surface area contributed by atoms with E-state index in [0.29, 0.717) is 12.3 Å². The maximum Gasteiger partial charge on any atom is 0.243 e. The molecule has 6 rings (SSSR count). The number of ether oxygens (including phenoxy) is 1. The first-order chi connectivity index (χ1) is 16.5. The number of fused-ring (bicyclic) bond motifs is 3. The van der Waals surface area contributed by atoms with Gasteiger partial charge in [0.25, 0.3) is 0 Å². The minimum atomic E-state index is -0.611. The molecule has 0 aromatic heterocycles. The van der Waals surface area contributed by atoms with E-state index < -0.39 is 11.5 Å². The van der Waals surface area contributed by atoms with Crippen molar-refractivity contribution in [3.05, 3.63) is 64.1 Å². The Hall–Kier alpha value is -2.38. The minimum absolute atomic E-state index is 0.0659. The Kier molecular flexibility index (Phi) is 6.67. The Bertz CT molecular complexity index is 1030. The van der Waals surface area contributed by atoms with Crippen molar-refractivity contribution in [1.29, 1.82) is 0 Å². The molecule has 0 radical (unpaired) electrons. The Labute approximate surface area is 209 Å². The summed E-state index contributed by atoms with van der Waals surface area (Å²) in [6, 6.07) is 15.2. The third-order valence-corrected chi connectivity index (χ3v) is 8.31. The van der Waals surface area contributed by atoms with E-state index in [9.17, 15) is 9.59 Å². The van der Waals surface area contributed by atoms with Gasteiger partial charge in [-0.2, -0.15) is 0 Å². The molecule has 0 spiro atoms. The fourth-order valence-electron chi connectivity index (χ4n) is 5.46. The highest BCUT2D eigenvalue weighted by molar-refractivity contribution is 9.10. The van der Waals surface area contributed by atoms with Crippen LogP contribution in [0, 0.1) is 5.92 Å². The maximum atomic E-state index is 13.5. The van der Waals surface area contributed by atoms with E-state index in [-0.39, 0.29) is 17.9 Å². The van der Waals surface area contributed by atoms with Crippen LogP contribution in [0.4, 0.5) is 0 Å². The Morgan fingerprint density at radius 1 is 1.09 bits per heavy atom. The molecule has 2 amide bonds. The maximum absolute atomic E-state index is 13.5. The van der Waals surface area contributed by atoms with E-state index in [0.717, 1.165) is 66.7 Å². The van der Waals surface area contributed by atoms with Gasteiger partial charge < -0.3 is 20.3 Å². The molecular weight excluding hydrogens is 494 g/mol. The molecule has 3 aliphatic heterocycles. The first-order valence-corrected chi connectivity index (χ1v) is 13.0. The molecule has 180 valence electrons. The van der Waals surface area contributed by atoms with Crippen molar-refractivity contribution in [2.24, 2.45) is 5.92 Å². The lowest BCUT2D eigenvalue weighted by Crippen LogP contribution is -2.60. The van der Waals surface area contributed by atoms with Gasteiger partial charge in [-0.15, -0.1) is 0 Å². The number of benzene rings is 2. The SMILES string of the molecule is COc1ccc(C2(C(=O)NC(Cc3ccc(Br)cc3)C(=O)NC3CN4CCC3CC4)CC2)cc1. The number of hydrogen-bond donors (Lipinski definition) is 2. The zero-order valence-electron chi connectivity index (χ0n) is 19.6. The standard InChI is InChI=1S/C27H32BrN3O3/c1-34-22-8-4-20(5-9-22)27(12-13-27)26(33)30-23(16-18-2-6-21(28)7-3-18)25(32)29-24-17-31-14-10-19(24)11-15-31/h2-9,19,23-24H,10-17H2,1H3,(H,29,32)(H,30,33). The molecule has 2 bridgehead atoms. The number of nitrogens with zero attached hydrogens (tertiary/aromatic N) is 1. The van der Waals surface area contributed by atoms with Crippen LogP contribution in [0.5, 0.6) is 5.75 Å². The summed E-state index contributed by atoms with van der Waals surface area (Å²) in [6.45, 7) is 3.16. The van der Waals surface area contributed by atoms with Crippen molar-refractivity contribution in [2.45, 2.75) is 49.6 Å². The molecule has 3 saturated heterocycles. The largest absolute Gasteiger partial charge is 0.497 e. The van der Waals surface area contributed by atoms with Gasteiger partial charge in [-0.25, -0.2) is 0 Å². The van der Waals surface area contributed by atoms with Gasteiger partial charge in [-0.1, -0.05) is 40.2 Å². The third kappa shape index (κ3) is 4.86. The highest BCUT2D eigenvalue weighted by atomic mass is 79.9. The van der Waals surface area contributed by atoms with E-state index in [2.05, 4.69) is 31.5 Å². The van der Waals surface area contributed by atoms with Crippen LogP contribution in [-0.2, 0) is 21.4 Å². The Morgan fingerprint density at radius 3 is 2.32 bits per heavy atom. The number of halogens is 1.